The molecule has 0 saturated carbocycles. The fourth-order valence-electron chi connectivity index (χ4n) is 5.47. The van der Waals surface area contributed by atoms with Crippen molar-refractivity contribution in [2.24, 2.45) is 5.41 Å². The van der Waals surface area contributed by atoms with E-state index >= 15 is 0 Å². The zero-order valence-electron chi connectivity index (χ0n) is 16.3. The smallest absolute Gasteiger partial charge is 0.243 e. The van der Waals surface area contributed by atoms with Crippen LogP contribution < -0.4 is 4.74 Å². The van der Waals surface area contributed by atoms with Crippen LogP contribution >= 0.6 is 0 Å². The van der Waals surface area contributed by atoms with Crippen molar-refractivity contribution in [2.75, 3.05) is 13.7 Å². The van der Waals surface area contributed by atoms with Crippen molar-refractivity contribution in [2.45, 2.75) is 43.5 Å². The van der Waals surface area contributed by atoms with Crippen LogP contribution in [-0.4, -0.2) is 26.4 Å². The lowest BCUT2D eigenvalue weighted by atomic mass is 9.70. The number of rotatable bonds is 3. The molecule has 28 heavy (non-hydrogen) atoms. The molecule has 0 amide bonds. The number of fused-ring (bicyclic) bond motifs is 3. The van der Waals surface area contributed by atoms with E-state index in [1.54, 1.807) is 23.5 Å². The molecule has 4 nitrogen and oxygen atoms in total. The summed E-state index contributed by atoms with van der Waals surface area (Å²) >= 11 is 0. The third kappa shape index (κ3) is 2.36. The third-order valence-corrected chi connectivity index (χ3v) is 8.65. The second kappa shape index (κ2) is 6.19. The molecule has 1 aliphatic heterocycles. The van der Waals surface area contributed by atoms with E-state index in [2.05, 4.69) is 12.1 Å². The molecule has 146 valence electrons. The number of ether oxygens (including phenoxy) is 1. The Kier molecular flexibility index (Phi) is 3.97. The van der Waals surface area contributed by atoms with Gasteiger partial charge in [0.25, 0.3) is 0 Å². The number of allylic oxidation sites excluding steroid dienone is 1. The van der Waals surface area contributed by atoms with Gasteiger partial charge in [-0.25, -0.2) is 8.42 Å². The number of hydrogen-bond donors (Lipinski definition) is 0. The van der Waals surface area contributed by atoms with E-state index in [-0.39, 0.29) is 11.5 Å². The first-order chi connectivity index (χ1) is 13.5. The van der Waals surface area contributed by atoms with Crippen LogP contribution in [0.15, 0.2) is 53.4 Å². The lowest BCUT2D eigenvalue weighted by Gasteiger charge is -2.36. The van der Waals surface area contributed by atoms with Gasteiger partial charge >= 0.3 is 0 Å². The maximum Gasteiger partial charge on any atom is 0.243 e. The predicted octanol–water partition coefficient (Wildman–Crippen LogP) is 4.71. The quantitative estimate of drug-likeness (QED) is 0.756. The predicted molar refractivity (Wildman–Crippen MR) is 110 cm³/mol. The number of hydrogen-bond acceptors (Lipinski definition) is 3. The summed E-state index contributed by atoms with van der Waals surface area (Å²) < 4.78 is 34.4. The molecule has 1 saturated heterocycles. The van der Waals surface area contributed by atoms with E-state index in [4.69, 9.17) is 4.74 Å². The molecule has 2 aromatic carbocycles. The summed E-state index contributed by atoms with van der Waals surface area (Å²) in [5.74, 6) is 0.785. The fraction of sp³-hybridized carbons (Fsp3) is 0.391. The summed E-state index contributed by atoms with van der Waals surface area (Å²) in [6.07, 6.45) is 6.45. The topological polar surface area (TPSA) is 46.6 Å². The Bertz CT molecular complexity index is 1070. The van der Waals surface area contributed by atoms with Crippen molar-refractivity contribution in [1.29, 1.82) is 0 Å². The summed E-state index contributed by atoms with van der Waals surface area (Å²) in [4.78, 5) is 0.382. The van der Waals surface area contributed by atoms with Crippen LogP contribution in [0.25, 0.3) is 5.57 Å². The first-order valence-electron chi connectivity index (χ1n) is 9.95. The van der Waals surface area contributed by atoms with Gasteiger partial charge in [0.2, 0.25) is 10.0 Å². The third-order valence-electron chi connectivity index (χ3n) is 6.77. The van der Waals surface area contributed by atoms with Gasteiger partial charge in [-0.3, -0.25) is 0 Å². The van der Waals surface area contributed by atoms with Gasteiger partial charge in [0, 0.05) is 12.0 Å². The van der Waals surface area contributed by atoms with Gasteiger partial charge in [-0.05, 0) is 73.6 Å². The van der Waals surface area contributed by atoms with Crippen LogP contribution in [0.1, 0.15) is 48.4 Å². The van der Waals surface area contributed by atoms with Gasteiger partial charge < -0.3 is 4.74 Å². The van der Waals surface area contributed by atoms with E-state index in [9.17, 15) is 8.42 Å². The molecule has 2 atom stereocenters. The van der Waals surface area contributed by atoms with Crippen LogP contribution in [0.2, 0.25) is 0 Å². The van der Waals surface area contributed by atoms with Crippen LogP contribution in [0, 0.1) is 12.3 Å². The number of aryl methyl sites for hydroxylation is 1. The standard InChI is InChI=1S/C23H25NO3S/c1-16-6-9-18(10-7-16)28(25,26)24-14-13-23-12-4-3-5-21(23)19-11-8-17(27-2)15-20(19)22(23)24/h5-11,15,22H,3-4,12-14H2,1-2H3/t22-,23+/m0/s1. The first-order valence-corrected chi connectivity index (χ1v) is 11.4. The van der Waals surface area contributed by atoms with E-state index < -0.39 is 10.0 Å². The maximum absolute atomic E-state index is 13.6. The largest absolute Gasteiger partial charge is 0.497 e. The second-order valence-corrected chi connectivity index (χ2v) is 10.1. The number of benzene rings is 2. The Morgan fingerprint density at radius 3 is 2.64 bits per heavy atom. The average molecular weight is 396 g/mol. The Morgan fingerprint density at radius 2 is 1.89 bits per heavy atom. The molecule has 1 spiro atoms. The molecule has 1 fully saturated rings. The van der Waals surface area contributed by atoms with Crippen LogP contribution in [0.3, 0.4) is 0 Å². The molecule has 0 unspecified atom stereocenters. The van der Waals surface area contributed by atoms with Crippen molar-refractivity contribution >= 4 is 15.6 Å². The summed E-state index contributed by atoms with van der Waals surface area (Å²) in [6, 6.07) is 13.2. The molecule has 5 rings (SSSR count). The van der Waals surface area contributed by atoms with E-state index in [1.807, 2.05) is 31.2 Å². The number of nitrogens with zero attached hydrogens (tertiary/aromatic N) is 1. The van der Waals surface area contributed by atoms with Gasteiger partial charge in [-0.2, -0.15) is 4.31 Å². The number of methoxy groups -OCH3 is 1. The van der Waals surface area contributed by atoms with Gasteiger partial charge in [-0.1, -0.05) is 29.8 Å². The Labute approximate surface area is 166 Å². The van der Waals surface area contributed by atoms with Crippen molar-refractivity contribution < 1.29 is 13.2 Å². The molecule has 0 radical (unpaired) electrons. The maximum atomic E-state index is 13.6. The molecule has 5 heteroatoms. The average Bonchev–Trinajstić information content (AvgIpc) is 3.20. The summed E-state index contributed by atoms with van der Waals surface area (Å²) in [7, 11) is -1.90. The van der Waals surface area contributed by atoms with Crippen molar-refractivity contribution in [3.63, 3.8) is 0 Å². The summed E-state index contributed by atoms with van der Waals surface area (Å²) in [5.41, 5.74) is 4.62. The minimum atomic E-state index is -3.56. The molecule has 0 aromatic heterocycles. The second-order valence-electron chi connectivity index (χ2n) is 8.20. The monoisotopic (exact) mass is 395 g/mol. The minimum Gasteiger partial charge on any atom is -0.497 e. The molecule has 2 aliphatic carbocycles. The van der Waals surface area contributed by atoms with E-state index in [0.717, 1.165) is 42.6 Å². The number of sulfonamides is 1. The van der Waals surface area contributed by atoms with Crippen molar-refractivity contribution in [3.05, 3.63) is 65.2 Å². The highest BCUT2D eigenvalue weighted by molar-refractivity contribution is 7.89. The Hall–Kier alpha value is -2.11. The van der Waals surface area contributed by atoms with Crippen LogP contribution in [-0.2, 0) is 10.0 Å². The van der Waals surface area contributed by atoms with Crippen molar-refractivity contribution in [1.82, 2.24) is 4.31 Å². The van der Waals surface area contributed by atoms with Gasteiger partial charge in [0.1, 0.15) is 5.75 Å². The van der Waals surface area contributed by atoms with E-state index in [0.29, 0.717) is 11.4 Å². The molecule has 0 bridgehead atoms. The lowest BCUT2D eigenvalue weighted by Crippen LogP contribution is -2.34. The molecule has 3 aliphatic rings. The summed E-state index contributed by atoms with van der Waals surface area (Å²) in [6.45, 7) is 2.54. The Balaban J connectivity index is 1.68. The van der Waals surface area contributed by atoms with Gasteiger partial charge in [0.05, 0.1) is 18.0 Å². The normalized spacial score (nSPS) is 26.4. The van der Waals surface area contributed by atoms with E-state index in [1.165, 1.54) is 11.1 Å². The SMILES string of the molecule is COc1ccc2c(c1)[C@@H]1N(S(=O)(=O)c3ccc(C)cc3)CC[C@@]13CCCC=C23. The van der Waals surface area contributed by atoms with Crippen LogP contribution in [0.4, 0.5) is 0 Å². The lowest BCUT2D eigenvalue weighted by molar-refractivity contribution is 0.269. The molecule has 2 aromatic rings. The zero-order chi connectivity index (χ0) is 19.5. The highest BCUT2D eigenvalue weighted by atomic mass is 32.2. The molecule has 1 heterocycles. The van der Waals surface area contributed by atoms with Gasteiger partial charge in [0.15, 0.2) is 0 Å². The van der Waals surface area contributed by atoms with Gasteiger partial charge in [-0.15, -0.1) is 0 Å². The molecular formula is C23H25NO3S. The minimum absolute atomic E-state index is 0.0925. The summed E-state index contributed by atoms with van der Waals surface area (Å²) in [5, 5.41) is 0. The Morgan fingerprint density at radius 1 is 1.11 bits per heavy atom. The fourth-order valence-corrected chi connectivity index (χ4v) is 7.15. The van der Waals surface area contributed by atoms with Crippen LogP contribution in [0.5, 0.6) is 5.75 Å². The highest BCUT2D eigenvalue weighted by Gasteiger charge is 2.59. The van der Waals surface area contributed by atoms with Crippen molar-refractivity contribution in [3.8, 4) is 5.75 Å². The highest BCUT2D eigenvalue weighted by Crippen LogP contribution is 2.66. The zero-order valence-corrected chi connectivity index (χ0v) is 17.1. The molecular weight excluding hydrogens is 370 g/mol. The molecule has 0 N–H and O–H groups in total. The first kappa shape index (κ1) is 18.0.